The van der Waals surface area contributed by atoms with Crippen molar-refractivity contribution in [1.29, 1.82) is 0 Å². The van der Waals surface area contributed by atoms with E-state index in [1.807, 2.05) is 44.2 Å². The second-order valence-corrected chi connectivity index (χ2v) is 4.55. The summed E-state index contributed by atoms with van der Waals surface area (Å²) in [7, 11) is 0. The maximum atomic E-state index is 11.0. The van der Waals surface area contributed by atoms with Gasteiger partial charge in [0.1, 0.15) is 11.5 Å². The third-order valence-electron chi connectivity index (χ3n) is 2.80. The molecule has 0 N–H and O–H groups in total. The van der Waals surface area contributed by atoms with Crippen molar-refractivity contribution in [2.75, 3.05) is 0 Å². The summed E-state index contributed by atoms with van der Waals surface area (Å²) in [4.78, 5) is 10.6. The minimum atomic E-state index is -0.359. The van der Waals surface area contributed by atoms with Crippen molar-refractivity contribution in [2.45, 2.75) is 19.8 Å². The van der Waals surface area contributed by atoms with Gasteiger partial charge in [-0.1, -0.05) is 32.0 Å². The Morgan fingerprint density at radius 1 is 1.05 bits per heavy atom. The maximum absolute atomic E-state index is 11.0. The predicted molar refractivity (Wildman–Crippen MR) is 73.7 cm³/mol. The zero-order valence-electron chi connectivity index (χ0n) is 10.9. The molecule has 0 unspecified atom stereocenters. The van der Waals surface area contributed by atoms with Gasteiger partial charge in [-0.2, -0.15) is 0 Å². The molecule has 0 aliphatic carbocycles. The molecule has 0 amide bonds. The Balaban J connectivity index is 2.33. The van der Waals surface area contributed by atoms with Gasteiger partial charge in [-0.25, -0.2) is 0 Å². The molecule has 0 radical (unpaired) electrons. The van der Waals surface area contributed by atoms with E-state index in [0.717, 1.165) is 0 Å². The van der Waals surface area contributed by atoms with Gasteiger partial charge in [0, 0.05) is 11.6 Å². The lowest BCUT2D eigenvalue weighted by molar-refractivity contribution is -0.385. The molecule has 4 heteroatoms. The van der Waals surface area contributed by atoms with Gasteiger partial charge in [0.2, 0.25) is 0 Å². The van der Waals surface area contributed by atoms with Crippen LogP contribution >= 0.6 is 0 Å². The summed E-state index contributed by atoms with van der Waals surface area (Å²) >= 11 is 0. The van der Waals surface area contributed by atoms with E-state index in [4.69, 9.17) is 4.74 Å². The van der Waals surface area contributed by atoms with Crippen molar-refractivity contribution >= 4 is 5.69 Å². The lowest BCUT2D eigenvalue weighted by Crippen LogP contribution is -1.98. The van der Waals surface area contributed by atoms with Gasteiger partial charge in [0.15, 0.2) is 0 Å². The van der Waals surface area contributed by atoms with Crippen molar-refractivity contribution in [1.82, 2.24) is 0 Å². The molecule has 0 atom stereocenters. The van der Waals surface area contributed by atoms with E-state index in [1.54, 1.807) is 12.1 Å². The Hall–Kier alpha value is -2.36. The highest BCUT2D eigenvalue weighted by molar-refractivity contribution is 5.47. The van der Waals surface area contributed by atoms with Crippen LogP contribution < -0.4 is 4.74 Å². The SMILES string of the molecule is CC(C)c1cc(Oc2ccccc2)ccc1[N+](=O)[O-]. The molecule has 0 fully saturated rings. The Morgan fingerprint density at radius 3 is 2.32 bits per heavy atom. The van der Waals surface area contributed by atoms with Crippen LogP contribution in [-0.2, 0) is 0 Å². The fraction of sp³-hybridized carbons (Fsp3) is 0.200. The van der Waals surface area contributed by atoms with Crippen LogP contribution in [0.5, 0.6) is 11.5 Å². The largest absolute Gasteiger partial charge is 0.457 e. The first-order valence-corrected chi connectivity index (χ1v) is 6.09. The lowest BCUT2D eigenvalue weighted by Gasteiger charge is -2.10. The fourth-order valence-electron chi connectivity index (χ4n) is 1.85. The van der Waals surface area contributed by atoms with Gasteiger partial charge >= 0.3 is 0 Å². The molecule has 0 spiro atoms. The molecular formula is C15H15NO3. The summed E-state index contributed by atoms with van der Waals surface area (Å²) in [5.41, 5.74) is 0.814. The van der Waals surface area contributed by atoms with E-state index in [0.29, 0.717) is 17.1 Å². The molecule has 0 bridgehead atoms. The van der Waals surface area contributed by atoms with Gasteiger partial charge in [-0.15, -0.1) is 0 Å². The highest BCUT2D eigenvalue weighted by Crippen LogP contribution is 2.31. The molecule has 0 saturated carbocycles. The molecule has 98 valence electrons. The first kappa shape index (κ1) is 13.1. The smallest absolute Gasteiger partial charge is 0.273 e. The monoisotopic (exact) mass is 257 g/mol. The van der Waals surface area contributed by atoms with E-state index < -0.39 is 0 Å². The number of hydrogen-bond donors (Lipinski definition) is 0. The van der Waals surface area contributed by atoms with E-state index in [-0.39, 0.29) is 16.5 Å². The fourth-order valence-corrected chi connectivity index (χ4v) is 1.85. The summed E-state index contributed by atoms with van der Waals surface area (Å²) in [6.45, 7) is 3.85. The molecular weight excluding hydrogens is 242 g/mol. The van der Waals surface area contributed by atoms with Crippen LogP contribution in [-0.4, -0.2) is 4.92 Å². The zero-order chi connectivity index (χ0) is 13.8. The minimum Gasteiger partial charge on any atom is -0.457 e. The Morgan fingerprint density at radius 2 is 1.74 bits per heavy atom. The minimum absolute atomic E-state index is 0.0692. The average molecular weight is 257 g/mol. The summed E-state index contributed by atoms with van der Waals surface area (Å²) in [5.74, 6) is 1.39. The summed E-state index contributed by atoms with van der Waals surface area (Å²) < 4.78 is 5.68. The molecule has 19 heavy (non-hydrogen) atoms. The number of nitro benzene ring substituents is 1. The summed E-state index contributed by atoms with van der Waals surface area (Å²) in [5, 5.41) is 11.0. The van der Waals surface area contributed by atoms with Crippen molar-refractivity contribution < 1.29 is 9.66 Å². The Kier molecular flexibility index (Phi) is 3.80. The lowest BCUT2D eigenvalue weighted by atomic mass is 10.0. The number of hydrogen-bond acceptors (Lipinski definition) is 3. The number of rotatable bonds is 4. The highest BCUT2D eigenvalue weighted by atomic mass is 16.6. The molecule has 0 aromatic heterocycles. The molecule has 2 rings (SSSR count). The number of nitrogens with zero attached hydrogens (tertiary/aromatic N) is 1. The Labute approximate surface area is 111 Å². The number of ether oxygens (including phenoxy) is 1. The normalized spacial score (nSPS) is 10.5. The molecule has 2 aromatic rings. The third kappa shape index (κ3) is 3.10. The van der Waals surface area contributed by atoms with Crippen LogP contribution in [0.2, 0.25) is 0 Å². The molecule has 2 aromatic carbocycles. The van der Waals surface area contributed by atoms with Crippen LogP contribution in [0.15, 0.2) is 48.5 Å². The van der Waals surface area contributed by atoms with Gasteiger partial charge in [0.05, 0.1) is 4.92 Å². The molecule has 0 saturated heterocycles. The van der Waals surface area contributed by atoms with Gasteiger partial charge in [-0.05, 0) is 30.2 Å². The van der Waals surface area contributed by atoms with E-state index >= 15 is 0 Å². The van der Waals surface area contributed by atoms with Crippen molar-refractivity contribution in [3.8, 4) is 11.5 Å². The standard InChI is InChI=1S/C15H15NO3/c1-11(2)14-10-13(8-9-15(14)16(17)18)19-12-6-4-3-5-7-12/h3-11H,1-2H3. The molecule has 4 nitrogen and oxygen atoms in total. The molecule has 0 heterocycles. The van der Waals surface area contributed by atoms with E-state index in [2.05, 4.69) is 0 Å². The second-order valence-electron chi connectivity index (χ2n) is 4.55. The first-order chi connectivity index (χ1) is 9.08. The van der Waals surface area contributed by atoms with E-state index in [9.17, 15) is 10.1 Å². The van der Waals surface area contributed by atoms with Crippen LogP contribution in [0.3, 0.4) is 0 Å². The van der Waals surface area contributed by atoms with E-state index in [1.165, 1.54) is 6.07 Å². The topological polar surface area (TPSA) is 52.4 Å². The quantitative estimate of drug-likeness (QED) is 0.598. The average Bonchev–Trinajstić information content (AvgIpc) is 2.39. The third-order valence-corrected chi connectivity index (χ3v) is 2.80. The summed E-state index contributed by atoms with van der Waals surface area (Å²) in [6, 6.07) is 14.2. The predicted octanol–water partition coefficient (Wildman–Crippen LogP) is 4.51. The number of benzene rings is 2. The highest BCUT2D eigenvalue weighted by Gasteiger charge is 2.17. The van der Waals surface area contributed by atoms with Crippen molar-refractivity contribution in [3.63, 3.8) is 0 Å². The van der Waals surface area contributed by atoms with Crippen molar-refractivity contribution in [2.24, 2.45) is 0 Å². The first-order valence-electron chi connectivity index (χ1n) is 6.09. The van der Waals surface area contributed by atoms with Crippen LogP contribution in [0.4, 0.5) is 5.69 Å². The van der Waals surface area contributed by atoms with Crippen LogP contribution in [0.25, 0.3) is 0 Å². The number of para-hydroxylation sites is 1. The second kappa shape index (κ2) is 5.52. The Bertz CT molecular complexity index is 579. The van der Waals surface area contributed by atoms with Crippen LogP contribution in [0.1, 0.15) is 25.3 Å². The van der Waals surface area contributed by atoms with Gasteiger partial charge in [0.25, 0.3) is 5.69 Å². The van der Waals surface area contributed by atoms with Gasteiger partial charge in [-0.3, -0.25) is 10.1 Å². The molecule has 0 aliphatic rings. The molecule has 0 aliphatic heterocycles. The number of nitro groups is 1. The van der Waals surface area contributed by atoms with Crippen LogP contribution in [0, 0.1) is 10.1 Å². The zero-order valence-corrected chi connectivity index (χ0v) is 10.9. The summed E-state index contributed by atoms with van der Waals surface area (Å²) in [6.07, 6.45) is 0. The maximum Gasteiger partial charge on any atom is 0.273 e. The van der Waals surface area contributed by atoms with Crippen molar-refractivity contribution in [3.05, 3.63) is 64.2 Å². The van der Waals surface area contributed by atoms with Gasteiger partial charge < -0.3 is 4.74 Å².